The quantitative estimate of drug-likeness (QED) is 0.437. The average molecular weight is 145 g/mol. The number of hydrogen-bond donors (Lipinski definition) is 0. The van der Waals surface area contributed by atoms with Gasteiger partial charge < -0.3 is 4.74 Å². The van der Waals surface area contributed by atoms with E-state index in [0.717, 1.165) is 0 Å². The molecule has 0 saturated carbocycles. The Morgan fingerprint density at radius 3 is 2.11 bits per heavy atom. The maximum atomic E-state index is 5.60. The molecule has 0 rings (SSSR count). The number of ether oxygens (including phenoxy) is 1. The van der Waals surface area contributed by atoms with Crippen LogP contribution in [0.4, 0.5) is 0 Å². The molecule has 0 saturated heterocycles. The first-order valence-electron chi connectivity index (χ1n) is 2.45. The predicted molar refractivity (Wildman–Crippen MR) is 40.3 cm³/mol. The summed E-state index contributed by atoms with van der Waals surface area (Å²) in [5.74, 6) is 0.548. The number of halogens is 1. The standard InChI is InChI=1S/C7H9ClO/c1-4-6(8)7(5-2)9-3/h4-5H,1-2H2,3H3. The highest BCUT2D eigenvalue weighted by molar-refractivity contribution is 6.31. The lowest BCUT2D eigenvalue weighted by Gasteiger charge is -1.98. The number of methoxy groups -OCH3 is 1. The first-order valence-corrected chi connectivity index (χ1v) is 2.82. The van der Waals surface area contributed by atoms with E-state index in [-0.39, 0.29) is 0 Å². The van der Waals surface area contributed by atoms with Crippen LogP contribution < -0.4 is 0 Å². The molecule has 0 atom stereocenters. The summed E-state index contributed by atoms with van der Waals surface area (Å²) in [7, 11) is 1.53. The molecule has 0 amide bonds. The zero-order chi connectivity index (χ0) is 7.28. The largest absolute Gasteiger partial charge is 0.495 e. The molecule has 9 heavy (non-hydrogen) atoms. The van der Waals surface area contributed by atoms with Crippen LogP contribution in [0.5, 0.6) is 0 Å². The van der Waals surface area contributed by atoms with Crippen LogP contribution in [0.25, 0.3) is 0 Å². The van der Waals surface area contributed by atoms with Gasteiger partial charge in [0.15, 0.2) is 0 Å². The Kier molecular flexibility index (Phi) is 3.89. The zero-order valence-corrected chi connectivity index (χ0v) is 6.11. The highest BCUT2D eigenvalue weighted by atomic mass is 35.5. The summed E-state index contributed by atoms with van der Waals surface area (Å²) in [6, 6.07) is 0. The summed E-state index contributed by atoms with van der Waals surface area (Å²) < 4.78 is 4.81. The van der Waals surface area contributed by atoms with Gasteiger partial charge in [-0.3, -0.25) is 0 Å². The average Bonchev–Trinajstić information content (AvgIpc) is 1.90. The smallest absolute Gasteiger partial charge is 0.136 e. The van der Waals surface area contributed by atoms with Gasteiger partial charge in [-0.15, -0.1) is 0 Å². The van der Waals surface area contributed by atoms with Crippen LogP contribution in [0.15, 0.2) is 36.1 Å². The van der Waals surface area contributed by atoms with Gasteiger partial charge >= 0.3 is 0 Å². The third-order valence-electron chi connectivity index (χ3n) is 0.820. The highest BCUT2D eigenvalue weighted by Gasteiger charge is 1.92. The Morgan fingerprint density at radius 2 is 2.00 bits per heavy atom. The minimum atomic E-state index is 0.479. The molecule has 0 radical (unpaired) electrons. The van der Waals surface area contributed by atoms with Crippen molar-refractivity contribution in [3.63, 3.8) is 0 Å². The van der Waals surface area contributed by atoms with E-state index in [1.54, 1.807) is 0 Å². The lowest BCUT2D eigenvalue weighted by molar-refractivity contribution is 0.306. The van der Waals surface area contributed by atoms with Crippen LogP contribution in [0.2, 0.25) is 0 Å². The minimum absolute atomic E-state index is 0.479. The fourth-order valence-electron chi connectivity index (χ4n) is 0.379. The summed E-state index contributed by atoms with van der Waals surface area (Å²) >= 11 is 5.60. The molecule has 0 N–H and O–H groups in total. The second-order valence-corrected chi connectivity index (χ2v) is 1.73. The van der Waals surface area contributed by atoms with Crippen molar-refractivity contribution in [2.24, 2.45) is 0 Å². The fraction of sp³-hybridized carbons (Fsp3) is 0.143. The van der Waals surface area contributed by atoms with E-state index in [1.165, 1.54) is 19.3 Å². The Balaban J connectivity index is 4.36. The number of hydrogen-bond acceptors (Lipinski definition) is 1. The monoisotopic (exact) mass is 144 g/mol. The third-order valence-corrected chi connectivity index (χ3v) is 1.16. The summed E-state index contributed by atoms with van der Waals surface area (Å²) in [6.07, 6.45) is 3.03. The third kappa shape index (κ3) is 2.38. The molecule has 0 aliphatic carbocycles. The van der Waals surface area contributed by atoms with E-state index in [4.69, 9.17) is 16.3 Å². The molecular weight excluding hydrogens is 136 g/mol. The van der Waals surface area contributed by atoms with Gasteiger partial charge in [-0.1, -0.05) is 24.8 Å². The summed E-state index contributed by atoms with van der Waals surface area (Å²) in [4.78, 5) is 0. The molecule has 0 aromatic carbocycles. The molecule has 0 aromatic rings. The highest BCUT2D eigenvalue weighted by Crippen LogP contribution is 2.10. The maximum Gasteiger partial charge on any atom is 0.136 e. The number of rotatable bonds is 3. The Bertz CT molecular complexity index is 147. The van der Waals surface area contributed by atoms with Crippen LogP contribution in [0.1, 0.15) is 0 Å². The molecule has 0 aromatic heterocycles. The van der Waals surface area contributed by atoms with Gasteiger partial charge in [0.2, 0.25) is 0 Å². The van der Waals surface area contributed by atoms with Crippen molar-refractivity contribution >= 4 is 11.6 Å². The molecular formula is C7H9ClO. The zero-order valence-electron chi connectivity index (χ0n) is 5.36. The van der Waals surface area contributed by atoms with Crippen molar-refractivity contribution in [1.82, 2.24) is 0 Å². The Morgan fingerprint density at radius 1 is 1.44 bits per heavy atom. The van der Waals surface area contributed by atoms with Gasteiger partial charge in [-0.2, -0.15) is 0 Å². The van der Waals surface area contributed by atoms with Crippen LogP contribution in [-0.4, -0.2) is 7.11 Å². The van der Waals surface area contributed by atoms with Crippen molar-refractivity contribution in [3.8, 4) is 0 Å². The van der Waals surface area contributed by atoms with Gasteiger partial charge in [0.25, 0.3) is 0 Å². The minimum Gasteiger partial charge on any atom is -0.495 e. The topological polar surface area (TPSA) is 9.23 Å². The molecule has 2 heteroatoms. The Hall–Kier alpha value is -0.690. The second-order valence-electron chi connectivity index (χ2n) is 1.32. The van der Waals surface area contributed by atoms with E-state index >= 15 is 0 Å². The Labute approximate surface area is 60.3 Å². The van der Waals surface area contributed by atoms with Crippen molar-refractivity contribution in [2.75, 3.05) is 7.11 Å². The summed E-state index contributed by atoms with van der Waals surface area (Å²) in [5.41, 5.74) is 0. The first kappa shape index (κ1) is 8.31. The number of allylic oxidation sites excluding steroid dienone is 3. The van der Waals surface area contributed by atoms with Gasteiger partial charge in [-0.05, 0) is 12.2 Å². The lowest BCUT2D eigenvalue weighted by Crippen LogP contribution is -1.82. The van der Waals surface area contributed by atoms with Crippen LogP contribution in [0, 0.1) is 0 Å². The molecule has 0 unspecified atom stereocenters. The molecule has 0 aliphatic heterocycles. The van der Waals surface area contributed by atoms with E-state index in [0.29, 0.717) is 10.8 Å². The fourth-order valence-corrected chi connectivity index (χ4v) is 0.533. The normalized spacial score (nSPS) is 11.8. The van der Waals surface area contributed by atoms with Crippen molar-refractivity contribution in [2.45, 2.75) is 0 Å². The SMILES string of the molecule is C=CC(Cl)=C(C=C)OC. The van der Waals surface area contributed by atoms with Gasteiger partial charge in [0, 0.05) is 0 Å². The molecule has 0 heterocycles. The predicted octanol–water partition coefficient (Wildman–Crippen LogP) is 2.46. The van der Waals surface area contributed by atoms with Crippen LogP contribution in [0.3, 0.4) is 0 Å². The second kappa shape index (κ2) is 4.21. The van der Waals surface area contributed by atoms with E-state index in [9.17, 15) is 0 Å². The van der Waals surface area contributed by atoms with Crippen molar-refractivity contribution in [3.05, 3.63) is 36.1 Å². The molecule has 50 valence electrons. The molecule has 0 fully saturated rings. The van der Waals surface area contributed by atoms with E-state index in [1.807, 2.05) is 0 Å². The van der Waals surface area contributed by atoms with E-state index in [2.05, 4.69) is 13.2 Å². The van der Waals surface area contributed by atoms with Gasteiger partial charge in [0.1, 0.15) is 5.76 Å². The van der Waals surface area contributed by atoms with E-state index < -0.39 is 0 Å². The maximum absolute atomic E-state index is 5.60. The molecule has 0 aliphatic rings. The summed E-state index contributed by atoms with van der Waals surface area (Å²) in [5, 5.41) is 0.479. The lowest BCUT2D eigenvalue weighted by atomic mass is 10.4. The van der Waals surface area contributed by atoms with Crippen molar-refractivity contribution < 1.29 is 4.74 Å². The van der Waals surface area contributed by atoms with Crippen LogP contribution >= 0.6 is 11.6 Å². The summed E-state index contributed by atoms with van der Waals surface area (Å²) in [6.45, 7) is 6.95. The first-order chi connectivity index (χ1) is 4.26. The molecule has 1 nitrogen and oxygen atoms in total. The van der Waals surface area contributed by atoms with Gasteiger partial charge in [0.05, 0.1) is 12.1 Å². The van der Waals surface area contributed by atoms with Crippen molar-refractivity contribution in [1.29, 1.82) is 0 Å². The van der Waals surface area contributed by atoms with Crippen LogP contribution in [-0.2, 0) is 4.74 Å². The van der Waals surface area contributed by atoms with Gasteiger partial charge in [-0.25, -0.2) is 0 Å². The molecule has 0 spiro atoms. The molecule has 0 bridgehead atoms.